The number of hydrogen-bond acceptors (Lipinski definition) is 8. The molecule has 0 amide bonds. The highest BCUT2D eigenvalue weighted by Crippen LogP contribution is 2.45. The van der Waals surface area contributed by atoms with E-state index in [1.807, 2.05) is 19.2 Å². The van der Waals surface area contributed by atoms with Crippen molar-refractivity contribution in [2.24, 2.45) is 0 Å². The Labute approximate surface area is 204 Å². The maximum absolute atomic E-state index is 13.8. The highest BCUT2D eigenvalue weighted by Gasteiger charge is 2.36. The smallest absolute Gasteiger partial charge is 0.420 e. The summed E-state index contributed by atoms with van der Waals surface area (Å²) >= 11 is 2.53. The van der Waals surface area contributed by atoms with Crippen molar-refractivity contribution in [3.05, 3.63) is 46.6 Å². The van der Waals surface area contributed by atoms with Crippen LogP contribution in [0.5, 0.6) is 5.06 Å². The quantitative estimate of drug-likeness (QED) is 0.299. The minimum atomic E-state index is -4.59. The fourth-order valence-corrected chi connectivity index (χ4v) is 5.52. The molecule has 2 aromatic heterocycles. The average Bonchev–Trinajstić information content (AvgIpc) is 3.22. The third kappa shape index (κ3) is 5.48. The van der Waals surface area contributed by atoms with Gasteiger partial charge in [0.1, 0.15) is 12.2 Å². The molecule has 0 saturated carbocycles. The van der Waals surface area contributed by atoms with E-state index in [4.69, 9.17) is 9.47 Å². The zero-order valence-corrected chi connectivity index (χ0v) is 20.6. The number of benzene rings is 1. The van der Waals surface area contributed by atoms with E-state index < -0.39 is 11.7 Å². The zero-order chi connectivity index (χ0) is 24.3. The Kier molecular flexibility index (Phi) is 7.66. The van der Waals surface area contributed by atoms with Crippen LogP contribution in [0.15, 0.2) is 29.3 Å². The standard InChI is InChI=1S/C23H25F3N4O2S2/c1-13-8-15-11-27-5-4-14(15)9-17(13)29-22-28-12-16(23(24,25)26)20(30-22)18-10-19(33-3)21(34-18)32-7-6-31-2/h8-10,12,27H,4-7,11H2,1-3H3,(H,28,29,30). The summed E-state index contributed by atoms with van der Waals surface area (Å²) in [7, 11) is 1.56. The fourth-order valence-electron chi connectivity index (χ4n) is 3.68. The molecule has 0 fully saturated rings. The van der Waals surface area contributed by atoms with Gasteiger partial charge in [0, 0.05) is 25.5 Å². The summed E-state index contributed by atoms with van der Waals surface area (Å²) < 4.78 is 52.2. The van der Waals surface area contributed by atoms with Gasteiger partial charge in [-0.15, -0.1) is 11.8 Å². The second-order valence-corrected chi connectivity index (χ2v) is 9.61. The number of thioether (sulfide) groups is 1. The van der Waals surface area contributed by atoms with Crippen LogP contribution in [-0.4, -0.2) is 43.1 Å². The van der Waals surface area contributed by atoms with Crippen LogP contribution >= 0.6 is 23.1 Å². The van der Waals surface area contributed by atoms with E-state index in [-0.39, 0.29) is 11.6 Å². The van der Waals surface area contributed by atoms with Crippen LogP contribution in [0, 0.1) is 6.92 Å². The van der Waals surface area contributed by atoms with Gasteiger partial charge in [-0.05, 0) is 55.0 Å². The first-order valence-electron chi connectivity index (χ1n) is 10.6. The van der Waals surface area contributed by atoms with E-state index in [9.17, 15) is 13.2 Å². The topological polar surface area (TPSA) is 68.3 Å². The van der Waals surface area contributed by atoms with Gasteiger partial charge in [-0.3, -0.25) is 0 Å². The average molecular weight is 511 g/mol. The van der Waals surface area contributed by atoms with Crippen molar-refractivity contribution in [3.8, 4) is 15.6 Å². The number of nitrogens with zero attached hydrogens (tertiary/aromatic N) is 2. The molecule has 3 aromatic rings. The highest BCUT2D eigenvalue weighted by molar-refractivity contribution is 7.98. The first-order chi connectivity index (χ1) is 16.3. The van der Waals surface area contributed by atoms with Crippen molar-refractivity contribution < 1.29 is 22.6 Å². The summed E-state index contributed by atoms with van der Waals surface area (Å²) in [5.74, 6) is 0.112. The SMILES string of the molecule is COCCOc1sc(-c2nc(Nc3cc4c(cc3C)CNCC4)ncc2C(F)(F)F)cc1SC. The lowest BCUT2D eigenvalue weighted by atomic mass is 9.97. The monoisotopic (exact) mass is 510 g/mol. The molecule has 1 aromatic carbocycles. The number of fused-ring (bicyclic) bond motifs is 1. The lowest BCUT2D eigenvalue weighted by molar-refractivity contribution is -0.137. The fraction of sp³-hybridized carbons (Fsp3) is 0.391. The number of alkyl halides is 3. The maximum atomic E-state index is 13.8. The van der Waals surface area contributed by atoms with Gasteiger partial charge in [-0.1, -0.05) is 17.4 Å². The van der Waals surface area contributed by atoms with Crippen LogP contribution in [0.1, 0.15) is 22.3 Å². The van der Waals surface area contributed by atoms with Gasteiger partial charge in [0.25, 0.3) is 0 Å². The van der Waals surface area contributed by atoms with Crippen LogP contribution in [0.2, 0.25) is 0 Å². The number of halogens is 3. The lowest BCUT2D eigenvalue weighted by Gasteiger charge is -2.20. The van der Waals surface area contributed by atoms with Crippen molar-refractivity contribution in [2.45, 2.75) is 31.0 Å². The Balaban J connectivity index is 1.71. The molecule has 0 atom stereocenters. The lowest BCUT2D eigenvalue weighted by Crippen LogP contribution is -2.23. The summed E-state index contributed by atoms with van der Waals surface area (Å²) in [6.45, 7) is 4.34. The third-order valence-electron chi connectivity index (χ3n) is 5.41. The highest BCUT2D eigenvalue weighted by atomic mass is 32.2. The number of hydrogen-bond donors (Lipinski definition) is 2. The van der Waals surface area contributed by atoms with Gasteiger partial charge in [-0.2, -0.15) is 13.2 Å². The van der Waals surface area contributed by atoms with Gasteiger partial charge < -0.3 is 20.1 Å². The van der Waals surface area contributed by atoms with E-state index in [0.717, 1.165) is 53.2 Å². The number of aryl methyl sites for hydroxylation is 1. The number of aromatic nitrogens is 2. The van der Waals surface area contributed by atoms with Crippen LogP contribution < -0.4 is 15.4 Å². The molecule has 1 aliphatic rings. The van der Waals surface area contributed by atoms with Crippen molar-refractivity contribution in [1.29, 1.82) is 0 Å². The Bertz CT molecular complexity index is 1170. The van der Waals surface area contributed by atoms with Crippen molar-refractivity contribution in [1.82, 2.24) is 15.3 Å². The summed E-state index contributed by atoms with van der Waals surface area (Å²) in [5.41, 5.74) is 3.13. The Morgan fingerprint density at radius 2 is 2.03 bits per heavy atom. The summed E-state index contributed by atoms with van der Waals surface area (Å²) in [5, 5.41) is 7.01. The predicted octanol–water partition coefficient (Wildman–Crippen LogP) is 5.67. The summed E-state index contributed by atoms with van der Waals surface area (Å²) in [6, 6.07) is 5.80. The molecule has 34 heavy (non-hydrogen) atoms. The van der Waals surface area contributed by atoms with Gasteiger partial charge >= 0.3 is 6.18 Å². The zero-order valence-electron chi connectivity index (χ0n) is 19.0. The van der Waals surface area contributed by atoms with Gasteiger partial charge in [-0.25, -0.2) is 9.97 Å². The van der Waals surface area contributed by atoms with Crippen molar-refractivity contribution in [2.75, 3.05) is 38.4 Å². The largest absolute Gasteiger partial charge is 0.481 e. The van der Waals surface area contributed by atoms with Crippen molar-refractivity contribution >= 4 is 34.7 Å². The number of anilines is 2. The number of thiophene rings is 1. The molecule has 0 unspecified atom stereocenters. The Hall–Kier alpha value is -2.34. The Morgan fingerprint density at radius 1 is 1.21 bits per heavy atom. The molecule has 11 heteroatoms. The van der Waals surface area contributed by atoms with Crippen LogP contribution in [0.3, 0.4) is 0 Å². The molecule has 0 radical (unpaired) electrons. The molecule has 2 N–H and O–H groups in total. The third-order valence-corrected chi connectivity index (χ3v) is 7.34. The minimum absolute atomic E-state index is 0.112. The van der Waals surface area contributed by atoms with Crippen LogP contribution in [-0.2, 0) is 23.9 Å². The second kappa shape index (κ2) is 10.5. The van der Waals surface area contributed by atoms with Gasteiger partial charge in [0.05, 0.1) is 22.1 Å². The van der Waals surface area contributed by atoms with Gasteiger partial charge in [0.15, 0.2) is 5.06 Å². The molecule has 0 saturated heterocycles. The molecule has 1 aliphatic heterocycles. The van der Waals surface area contributed by atoms with E-state index in [2.05, 4.69) is 26.7 Å². The van der Waals surface area contributed by atoms with E-state index in [1.54, 1.807) is 13.2 Å². The molecule has 3 heterocycles. The number of methoxy groups -OCH3 is 1. The van der Waals surface area contributed by atoms with Crippen LogP contribution in [0.25, 0.3) is 10.6 Å². The predicted molar refractivity (Wildman–Crippen MR) is 129 cm³/mol. The molecule has 0 spiro atoms. The molecular formula is C23H25F3N4O2S2. The van der Waals surface area contributed by atoms with Crippen LogP contribution in [0.4, 0.5) is 24.8 Å². The number of rotatable bonds is 8. The molecule has 4 rings (SSSR count). The molecule has 182 valence electrons. The number of ether oxygens (including phenoxy) is 2. The second-order valence-electron chi connectivity index (χ2n) is 7.75. The summed E-state index contributed by atoms with van der Waals surface area (Å²) in [6.07, 6.45) is -1.02. The summed E-state index contributed by atoms with van der Waals surface area (Å²) in [4.78, 5) is 9.41. The Morgan fingerprint density at radius 3 is 2.76 bits per heavy atom. The normalized spacial score (nSPS) is 13.6. The van der Waals surface area contributed by atoms with E-state index in [1.165, 1.54) is 22.9 Å². The first-order valence-corrected chi connectivity index (χ1v) is 12.7. The molecular weight excluding hydrogens is 485 g/mol. The van der Waals surface area contributed by atoms with Crippen molar-refractivity contribution in [3.63, 3.8) is 0 Å². The maximum Gasteiger partial charge on any atom is 0.420 e. The molecule has 6 nitrogen and oxygen atoms in total. The molecule has 0 bridgehead atoms. The van der Waals surface area contributed by atoms with E-state index in [0.29, 0.717) is 23.2 Å². The number of nitrogens with one attached hydrogen (secondary N) is 2. The van der Waals surface area contributed by atoms with Gasteiger partial charge in [0.2, 0.25) is 5.95 Å². The minimum Gasteiger partial charge on any atom is -0.481 e. The first kappa shape index (κ1) is 24.8. The molecule has 0 aliphatic carbocycles. The van der Waals surface area contributed by atoms with E-state index >= 15 is 0 Å².